The fourth-order valence-corrected chi connectivity index (χ4v) is 1.79. The zero-order chi connectivity index (χ0) is 17.6. The lowest BCUT2D eigenvalue weighted by atomic mass is 10.2. The zero-order valence-electron chi connectivity index (χ0n) is 12.9. The standard InChI is InChI=1S/C14H19Cl2N3O4/c1-14(2,3)23-13(22)17-11(7-20)12(21)19-18-10-6-8(15)4-5-9(10)16/h4-6,11,18,20H,7H2,1-3H3,(H,17,22)(H,19,21). The molecule has 0 aromatic heterocycles. The van der Waals surface area contributed by atoms with Gasteiger partial charge in [0.15, 0.2) is 0 Å². The van der Waals surface area contributed by atoms with Crippen LogP contribution in [0.1, 0.15) is 20.8 Å². The average Bonchev–Trinajstić information content (AvgIpc) is 2.43. The lowest BCUT2D eigenvalue weighted by Crippen LogP contribution is -2.51. The summed E-state index contributed by atoms with van der Waals surface area (Å²) in [5.41, 5.74) is 4.56. The van der Waals surface area contributed by atoms with Crippen molar-refractivity contribution in [1.29, 1.82) is 0 Å². The van der Waals surface area contributed by atoms with Crippen LogP contribution in [0.5, 0.6) is 0 Å². The molecule has 4 N–H and O–H groups in total. The first-order valence-corrected chi connectivity index (χ1v) is 7.49. The highest BCUT2D eigenvalue weighted by atomic mass is 35.5. The summed E-state index contributed by atoms with van der Waals surface area (Å²) < 4.78 is 5.02. The first kappa shape index (κ1) is 19.3. The lowest BCUT2D eigenvalue weighted by molar-refractivity contribution is -0.123. The number of hydrazine groups is 1. The van der Waals surface area contributed by atoms with Gasteiger partial charge in [-0.2, -0.15) is 0 Å². The smallest absolute Gasteiger partial charge is 0.408 e. The number of carbonyl (C=O) groups excluding carboxylic acids is 2. The average molecular weight is 364 g/mol. The molecule has 1 rings (SSSR count). The summed E-state index contributed by atoms with van der Waals surface area (Å²) in [5.74, 6) is -0.672. The van der Waals surface area contributed by atoms with Crippen LogP contribution in [-0.2, 0) is 9.53 Å². The first-order chi connectivity index (χ1) is 10.6. The molecular weight excluding hydrogens is 345 g/mol. The molecule has 1 atom stereocenters. The Labute approximate surface area is 144 Å². The van der Waals surface area contributed by atoms with Crippen molar-refractivity contribution in [1.82, 2.24) is 10.7 Å². The summed E-state index contributed by atoms with van der Waals surface area (Å²) in [6.45, 7) is 4.45. The van der Waals surface area contributed by atoms with Gasteiger partial charge in [-0.15, -0.1) is 0 Å². The maximum Gasteiger partial charge on any atom is 0.408 e. The molecule has 9 heteroatoms. The minimum absolute atomic E-state index is 0.343. The van der Waals surface area contributed by atoms with Crippen molar-refractivity contribution in [3.8, 4) is 0 Å². The van der Waals surface area contributed by atoms with Crippen molar-refractivity contribution in [2.45, 2.75) is 32.4 Å². The van der Waals surface area contributed by atoms with E-state index < -0.39 is 30.3 Å². The molecule has 2 amide bonds. The second-order valence-corrected chi connectivity index (χ2v) is 6.46. The monoisotopic (exact) mass is 363 g/mol. The second-order valence-electron chi connectivity index (χ2n) is 5.62. The summed E-state index contributed by atoms with van der Waals surface area (Å²) in [5, 5.41) is 12.3. The number of aliphatic hydroxyl groups excluding tert-OH is 1. The third kappa shape index (κ3) is 6.94. The van der Waals surface area contributed by atoms with E-state index in [2.05, 4.69) is 16.2 Å². The van der Waals surface area contributed by atoms with E-state index in [0.717, 1.165) is 0 Å². The normalized spacial score (nSPS) is 12.3. The molecule has 0 heterocycles. The van der Waals surface area contributed by atoms with E-state index in [1.54, 1.807) is 32.9 Å². The van der Waals surface area contributed by atoms with Crippen molar-refractivity contribution >= 4 is 40.9 Å². The van der Waals surface area contributed by atoms with Gasteiger partial charge in [0, 0.05) is 5.02 Å². The molecule has 128 valence electrons. The van der Waals surface area contributed by atoms with Crippen LogP contribution >= 0.6 is 23.2 Å². The minimum atomic E-state index is -1.18. The van der Waals surface area contributed by atoms with Crippen LogP contribution in [0.15, 0.2) is 18.2 Å². The second kappa shape index (κ2) is 8.24. The van der Waals surface area contributed by atoms with Crippen molar-refractivity contribution in [3.63, 3.8) is 0 Å². The van der Waals surface area contributed by atoms with Gasteiger partial charge in [0.2, 0.25) is 0 Å². The van der Waals surface area contributed by atoms with Gasteiger partial charge in [-0.1, -0.05) is 23.2 Å². The molecule has 0 aliphatic rings. The number of halogens is 2. The highest BCUT2D eigenvalue weighted by Gasteiger charge is 2.23. The van der Waals surface area contributed by atoms with E-state index in [-0.39, 0.29) is 0 Å². The van der Waals surface area contributed by atoms with Crippen LogP contribution in [-0.4, -0.2) is 35.4 Å². The van der Waals surface area contributed by atoms with Gasteiger partial charge in [0.05, 0.1) is 17.3 Å². The molecule has 1 aromatic carbocycles. The van der Waals surface area contributed by atoms with Gasteiger partial charge in [0.25, 0.3) is 5.91 Å². The molecule has 0 bridgehead atoms. The Bertz CT molecular complexity index is 576. The Morgan fingerprint density at radius 3 is 2.52 bits per heavy atom. The van der Waals surface area contributed by atoms with Crippen LogP contribution in [0.4, 0.5) is 10.5 Å². The van der Waals surface area contributed by atoms with Gasteiger partial charge >= 0.3 is 6.09 Å². The van der Waals surface area contributed by atoms with Gasteiger partial charge < -0.3 is 15.2 Å². The van der Waals surface area contributed by atoms with Crippen molar-refractivity contribution in [3.05, 3.63) is 28.2 Å². The zero-order valence-corrected chi connectivity index (χ0v) is 14.5. The summed E-state index contributed by atoms with van der Waals surface area (Å²) >= 11 is 11.8. The number of alkyl carbamates (subject to hydrolysis) is 1. The number of benzene rings is 1. The lowest BCUT2D eigenvalue weighted by Gasteiger charge is -2.22. The van der Waals surface area contributed by atoms with Crippen molar-refractivity contribution in [2.24, 2.45) is 0 Å². The van der Waals surface area contributed by atoms with Crippen LogP contribution in [0.2, 0.25) is 10.0 Å². The van der Waals surface area contributed by atoms with Crippen LogP contribution in [0, 0.1) is 0 Å². The third-order valence-corrected chi connectivity index (χ3v) is 3.00. The fourth-order valence-electron chi connectivity index (χ4n) is 1.45. The number of amides is 2. The van der Waals surface area contributed by atoms with Gasteiger partial charge in [-0.25, -0.2) is 4.79 Å². The molecule has 0 aliphatic heterocycles. The molecule has 0 radical (unpaired) electrons. The van der Waals surface area contributed by atoms with Gasteiger partial charge in [-0.3, -0.25) is 15.6 Å². The molecule has 0 saturated carbocycles. The molecule has 1 aromatic rings. The largest absolute Gasteiger partial charge is 0.444 e. The van der Waals surface area contributed by atoms with E-state index in [9.17, 15) is 14.7 Å². The molecule has 1 unspecified atom stereocenters. The van der Waals surface area contributed by atoms with Crippen molar-refractivity contribution < 1.29 is 19.4 Å². The number of carbonyl (C=O) groups is 2. The van der Waals surface area contributed by atoms with E-state index in [1.807, 2.05) is 0 Å². The SMILES string of the molecule is CC(C)(C)OC(=O)NC(CO)C(=O)NNc1cc(Cl)ccc1Cl. The number of nitrogens with one attached hydrogen (secondary N) is 3. The van der Waals surface area contributed by atoms with E-state index >= 15 is 0 Å². The van der Waals surface area contributed by atoms with E-state index in [4.69, 9.17) is 27.9 Å². The quantitative estimate of drug-likeness (QED) is 0.601. The predicted octanol–water partition coefficient (Wildman–Crippen LogP) is 2.32. The Kier molecular flexibility index (Phi) is 6.93. The molecule has 0 spiro atoms. The number of anilines is 1. The predicted molar refractivity (Wildman–Crippen MR) is 88.5 cm³/mol. The molecule has 23 heavy (non-hydrogen) atoms. The van der Waals surface area contributed by atoms with Crippen molar-refractivity contribution in [2.75, 3.05) is 12.0 Å². The number of hydrogen-bond donors (Lipinski definition) is 4. The van der Waals surface area contributed by atoms with Gasteiger partial charge in [0.1, 0.15) is 11.6 Å². The highest BCUT2D eigenvalue weighted by molar-refractivity contribution is 6.35. The number of ether oxygens (including phenoxy) is 1. The van der Waals surface area contributed by atoms with Gasteiger partial charge in [-0.05, 0) is 39.0 Å². The Morgan fingerprint density at radius 2 is 1.96 bits per heavy atom. The van der Waals surface area contributed by atoms with Crippen LogP contribution < -0.4 is 16.2 Å². The first-order valence-electron chi connectivity index (χ1n) is 6.73. The molecule has 0 aliphatic carbocycles. The van der Waals surface area contributed by atoms with E-state index in [1.165, 1.54) is 6.07 Å². The molecule has 0 fully saturated rings. The number of rotatable bonds is 5. The molecule has 7 nitrogen and oxygen atoms in total. The maximum atomic E-state index is 12.0. The summed E-state index contributed by atoms with van der Waals surface area (Å²) in [6, 6.07) is 3.48. The molecular formula is C14H19Cl2N3O4. The maximum absolute atomic E-state index is 12.0. The summed E-state index contributed by atoms with van der Waals surface area (Å²) in [6.07, 6.45) is -0.813. The van der Waals surface area contributed by atoms with Crippen LogP contribution in [0.25, 0.3) is 0 Å². The Hall–Kier alpha value is -1.70. The summed E-state index contributed by atoms with van der Waals surface area (Å²) in [4.78, 5) is 23.6. The third-order valence-electron chi connectivity index (χ3n) is 2.44. The fraction of sp³-hybridized carbons (Fsp3) is 0.429. The molecule has 0 saturated heterocycles. The number of aliphatic hydroxyl groups is 1. The Balaban J connectivity index is 2.60. The highest BCUT2D eigenvalue weighted by Crippen LogP contribution is 2.24. The van der Waals surface area contributed by atoms with E-state index in [0.29, 0.717) is 15.7 Å². The minimum Gasteiger partial charge on any atom is -0.444 e. The number of hydrogen-bond acceptors (Lipinski definition) is 5. The topological polar surface area (TPSA) is 99.7 Å². The summed E-state index contributed by atoms with van der Waals surface area (Å²) in [7, 11) is 0. The van der Waals surface area contributed by atoms with Crippen LogP contribution in [0.3, 0.4) is 0 Å². The Morgan fingerprint density at radius 1 is 1.30 bits per heavy atom.